The molecule has 0 bridgehead atoms. The summed E-state index contributed by atoms with van der Waals surface area (Å²) in [5, 5.41) is 65.0. The molecule has 1 saturated heterocycles. The maximum atomic E-state index is 13.1. The third kappa shape index (κ3) is 31.5. The first-order chi connectivity index (χ1) is 30.3. The number of carbonyl (C=O) groups excluding carboxylic acids is 1. The molecule has 10 nitrogen and oxygen atoms in total. The zero-order valence-electron chi connectivity index (χ0n) is 40.0. The van der Waals surface area contributed by atoms with Gasteiger partial charge in [-0.1, -0.05) is 218 Å². The zero-order valence-corrected chi connectivity index (χ0v) is 40.0. The summed E-state index contributed by atoms with van der Waals surface area (Å²) >= 11 is 0. The van der Waals surface area contributed by atoms with Crippen molar-refractivity contribution >= 4 is 5.91 Å². The van der Waals surface area contributed by atoms with Crippen LogP contribution in [0.2, 0.25) is 0 Å². The minimum Gasteiger partial charge on any atom is -0.394 e. The van der Waals surface area contributed by atoms with Crippen LogP contribution in [0, 0.1) is 0 Å². The van der Waals surface area contributed by atoms with Crippen LogP contribution in [0.3, 0.4) is 0 Å². The second-order valence-electron chi connectivity index (χ2n) is 18.5. The van der Waals surface area contributed by atoms with E-state index in [1.165, 1.54) is 135 Å². The second-order valence-corrected chi connectivity index (χ2v) is 18.5. The molecule has 1 fully saturated rings. The highest BCUT2D eigenvalue weighted by Crippen LogP contribution is 2.23. The number of rotatable bonds is 44. The summed E-state index contributed by atoms with van der Waals surface area (Å²) in [6.07, 6.45) is 40.8. The number of allylic oxidation sites excluding steroid dienone is 4. The summed E-state index contributed by atoms with van der Waals surface area (Å²) < 4.78 is 11.2. The smallest absolute Gasteiger partial charge is 0.249 e. The lowest BCUT2D eigenvalue weighted by Gasteiger charge is -2.40. The Bertz CT molecular complexity index is 1040. The van der Waals surface area contributed by atoms with E-state index in [-0.39, 0.29) is 6.61 Å². The van der Waals surface area contributed by atoms with E-state index >= 15 is 0 Å². The minimum absolute atomic E-state index is 0.258. The van der Waals surface area contributed by atoms with Gasteiger partial charge in [0, 0.05) is 0 Å². The van der Waals surface area contributed by atoms with Gasteiger partial charge >= 0.3 is 0 Å². The van der Waals surface area contributed by atoms with Crippen LogP contribution in [0.25, 0.3) is 0 Å². The standard InChI is InChI=1S/C52H99NO9/c1-3-5-7-9-11-13-15-17-19-20-21-22-23-24-25-27-29-31-33-35-37-39-41-46(56)51(60)53-44(43-61-52-50(59)49(58)48(57)47(42-54)62-52)45(55)40-38-36-34-32-30-28-26-18-16-14-12-10-8-6-4-2/h21-22,24-25,44-50,52,54-59H,3-20,23,26-43H2,1-2H3,(H,53,60)/b22-21-,25-24-. The molecule has 8 atom stereocenters. The number of aliphatic hydroxyl groups is 6. The number of hydrogen-bond acceptors (Lipinski definition) is 9. The van der Waals surface area contributed by atoms with E-state index < -0.39 is 61.5 Å². The van der Waals surface area contributed by atoms with E-state index in [0.717, 1.165) is 70.6 Å². The molecule has 0 spiro atoms. The molecule has 7 N–H and O–H groups in total. The highest BCUT2D eigenvalue weighted by molar-refractivity contribution is 5.80. The third-order valence-corrected chi connectivity index (χ3v) is 12.7. The maximum absolute atomic E-state index is 13.1. The van der Waals surface area contributed by atoms with Crippen molar-refractivity contribution in [2.24, 2.45) is 0 Å². The van der Waals surface area contributed by atoms with Gasteiger partial charge in [0.1, 0.15) is 30.5 Å². The largest absolute Gasteiger partial charge is 0.394 e. The van der Waals surface area contributed by atoms with Crippen LogP contribution in [0.15, 0.2) is 24.3 Å². The van der Waals surface area contributed by atoms with Crippen LogP contribution in [0.5, 0.6) is 0 Å². The molecule has 0 radical (unpaired) electrons. The SMILES string of the molecule is CCCCCCCCCCC/C=C\C/C=C\CCCCCCCCC(O)C(=O)NC(COC1OC(CO)C(O)C(O)C1O)C(O)CCCCCCCCCCCCCCCCC. The summed E-state index contributed by atoms with van der Waals surface area (Å²) in [7, 11) is 0. The fraction of sp³-hybridized carbons (Fsp3) is 0.904. The molecular formula is C52H99NO9. The lowest BCUT2D eigenvalue weighted by atomic mass is 9.99. The predicted octanol–water partition coefficient (Wildman–Crippen LogP) is 10.8. The molecule has 0 aromatic rings. The fourth-order valence-corrected chi connectivity index (χ4v) is 8.38. The van der Waals surface area contributed by atoms with Crippen molar-refractivity contribution < 1.29 is 44.9 Å². The minimum atomic E-state index is -1.60. The number of nitrogens with one attached hydrogen (secondary N) is 1. The predicted molar refractivity (Wildman–Crippen MR) is 255 cm³/mol. The molecule has 10 heteroatoms. The summed E-state index contributed by atoms with van der Waals surface area (Å²) in [5.74, 6) is -0.590. The molecule has 1 rings (SSSR count). The monoisotopic (exact) mass is 882 g/mol. The lowest BCUT2D eigenvalue weighted by Crippen LogP contribution is -2.60. The Kier molecular flexibility index (Phi) is 40.0. The summed E-state index contributed by atoms with van der Waals surface area (Å²) in [4.78, 5) is 13.1. The Hall–Kier alpha value is -1.37. The van der Waals surface area contributed by atoms with Gasteiger partial charge in [-0.05, 0) is 44.9 Å². The van der Waals surface area contributed by atoms with Crippen molar-refractivity contribution in [3.63, 3.8) is 0 Å². The van der Waals surface area contributed by atoms with Gasteiger partial charge in [-0.25, -0.2) is 0 Å². The molecule has 62 heavy (non-hydrogen) atoms. The van der Waals surface area contributed by atoms with Gasteiger partial charge in [-0.15, -0.1) is 0 Å². The van der Waals surface area contributed by atoms with Crippen LogP contribution in [-0.2, 0) is 14.3 Å². The van der Waals surface area contributed by atoms with E-state index in [1.54, 1.807) is 0 Å². The molecule has 1 heterocycles. The number of hydrogen-bond donors (Lipinski definition) is 7. The first-order valence-electron chi connectivity index (χ1n) is 26.1. The van der Waals surface area contributed by atoms with E-state index in [2.05, 4.69) is 43.5 Å². The van der Waals surface area contributed by atoms with Crippen molar-refractivity contribution in [3.8, 4) is 0 Å². The van der Waals surface area contributed by atoms with Crippen LogP contribution in [0.1, 0.15) is 239 Å². The summed E-state index contributed by atoms with van der Waals surface area (Å²) in [5.41, 5.74) is 0. The Morgan fingerprint density at radius 1 is 0.548 bits per heavy atom. The average Bonchev–Trinajstić information content (AvgIpc) is 3.27. The molecule has 1 aliphatic heterocycles. The lowest BCUT2D eigenvalue weighted by molar-refractivity contribution is -0.302. The van der Waals surface area contributed by atoms with E-state index in [0.29, 0.717) is 19.3 Å². The maximum Gasteiger partial charge on any atom is 0.249 e. The van der Waals surface area contributed by atoms with Gasteiger partial charge in [-0.3, -0.25) is 4.79 Å². The van der Waals surface area contributed by atoms with Crippen LogP contribution in [0.4, 0.5) is 0 Å². The van der Waals surface area contributed by atoms with Crippen molar-refractivity contribution in [1.82, 2.24) is 5.32 Å². The van der Waals surface area contributed by atoms with Gasteiger partial charge in [0.15, 0.2) is 6.29 Å². The van der Waals surface area contributed by atoms with Gasteiger partial charge in [0.05, 0.1) is 25.4 Å². The van der Waals surface area contributed by atoms with Crippen molar-refractivity contribution in [2.75, 3.05) is 13.2 Å². The fourth-order valence-electron chi connectivity index (χ4n) is 8.38. The van der Waals surface area contributed by atoms with Gasteiger partial charge in [0.25, 0.3) is 0 Å². The number of aliphatic hydroxyl groups excluding tert-OH is 6. The molecule has 1 amide bonds. The second kappa shape index (κ2) is 42.3. The molecule has 0 aromatic carbocycles. The van der Waals surface area contributed by atoms with Crippen LogP contribution in [-0.4, -0.2) is 98.7 Å². The van der Waals surface area contributed by atoms with Gasteiger partial charge in [0.2, 0.25) is 5.91 Å². The Balaban J connectivity index is 2.32. The number of amides is 1. The zero-order chi connectivity index (χ0) is 45.3. The molecule has 0 aliphatic carbocycles. The molecular weight excluding hydrogens is 783 g/mol. The number of ether oxygens (including phenoxy) is 2. The van der Waals surface area contributed by atoms with Crippen molar-refractivity contribution in [2.45, 2.75) is 288 Å². The Labute approximate surface area is 380 Å². The normalized spacial score (nSPS) is 20.9. The van der Waals surface area contributed by atoms with Crippen molar-refractivity contribution in [3.05, 3.63) is 24.3 Å². The van der Waals surface area contributed by atoms with E-state index in [1.807, 2.05) is 0 Å². The number of carbonyl (C=O) groups is 1. The van der Waals surface area contributed by atoms with Crippen LogP contribution >= 0.6 is 0 Å². The van der Waals surface area contributed by atoms with E-state index in [4.69, 9.17) is 9.47 Å². The Morgan fingerprint density at radius 3 is 1.39 bits per heavy atom. The first-order valence-corrected chi connectivity index (χ1v) is 26.1. The molecule has 8 unspecified atom stereocenters. The highest BCUT2D eigenvalue weighted by atomic mass is 16.7. The van der Waals surface area contributed by atoms with Gasteiger partial charge < -0.3 is 45.4 Å². The molecule has 366 valence electrons. The quantitative estimate of drug-likeness (QED) is 0.0233. The Morgan fingerprint density at radius 2 is 0.952 bits per heavy atom. The summed E-state index contributed by atoms with van der Waals surface area (Å²) in [6.45, 7) is 3.68. The first kappa shape index (κ1) is 58.6. The summed E-state index contributed by atoms with van der Waals surface area (Å²) in [6, 6.07) is -0.897. The molecule has 0 aromatic heterocycles. The van der Waals surface area contributed by atoms with Crippen LogP contribution < -0.4 is 5.32 Å². The van der Waals surface area contributed by atoms with E-state index in [9.17, 15) is 35.4 Å². The highest BCUT2D eigenvalue weighted by Gasteiger charge is 2.44. The number of unbranched alkanes of at least 4 members (excludes halogenated alkanes) is 29. The van der Waals surface area contributed by atoms with Crippen molar-refractivity contribution in [1.29, 1.82) is 0 Å². The average molecular weight is 882 g/mol. The van der Waals surface area contributed by atoms with Gasteiger partial charge in [-0.2, -0.15) is 0 Å². The molecule has 1 aliphatic rings. The molecule has 0 saturated carbocycles. The topological polar surface area (TPSA) is 169 Å². The third-order valence-electron chi connectivity index (χ3n) is 12.7.